The van der Waals surface area contributed by atoms with Crippen LogP contribution >= 0.6 is 0 Å². The molecule has 0 bridgehead atoms. The first-order chi connectivity index (χ1) is 15.5. The third kappa shape index (κ3) is 3.45. The SMILES string of the molecule is Cc1cc(-c2nc3cccnc3n2-c2ccc(Oc3ccc(N)cc3)cc2)c(O)cc1O. The molecule has 0 spiro atoms. The summed E-state index contributed by atoms with van der Waals surface area (Å²) in [4.78, 5) is 9.20. The van der Waals surface area contributed by atoms with E-state index in [1.165, 1.54) is 6.07 Å². The molecule has 0 fully saturated rings. The number of hydrogen-bond donors (Lipinski definition) is 3. The Hall–Kier alpha value is -4.52. The lowest BCUT2D eigenvalue weighted by Gasteiger charge is -2.12. The minimum atomic E-state index is -0.0621. The Bertz CT molecular complexity index is 1420. The van der Waals surface area contributed by atoms with Crippen LogP contribution < -0.4 is 10.5 Å². The van der Waals surface area contributed by atoms with E-state index in [0.717, 1.165) is 5.69 Å². The third-order valence-corrected chi connectivity index (χ3v) is 5.18. The second-order valence-electron chi connectivity index (χ2n) is 7.44. The molecule has 2 aromatic heterocycles. The molecule has 0 aliphatic carbocycles. The van der Waals surface area contributed by atoms with Crippen molar-refractivity contribution >= 4 is 16.9 Å². The average molecular weight is 424 g/mol. The van der Waals surface area contributed by atoms with Crippen molar-refractivity contribution in [2.45, 2.75) is 6.92 Å². The lowest BCUT2D eigenvalue weighted by Crippen LogP contribution is -1.99. The zero-order valence-corrected chi connectivity index (χ0v) is 17.2. The number of benzene rings is 3. The number of phenolic OH excluding ortho intramolecular Hbond substituents is 2. The first-order valence-corrected chi connectivity index (χ1v) is 10.00. The van der Waals surface area contributed by atoms with Gasteiger partial charge in [-0.3, -0.25) is 4.57 Å². The zero-order chi connectivity index (χ0) is 22.2. The zero-order valence-electron chi connectivity index (χ0n) is 17.2. The quantitative estimate of drug-likeness (QED) is 0.343. The number of aromatic hydroxyl groups is 2. The van der Waals surface area contributed by atoms with Crippen LogP contribution in [0.1, 0.15) is 5.56 Å². The van der Waals surface area contributed by atoms with Crippen LogP contribution in [-0.2, 0) is 0 Å². The number of ether oxygens (including phenoxy) is 1. The number of pyridine rings is 1. The molecule has 5 rings (SSSR count). The molecule has 0 radical (unpaired) electrons. The number of rotatable bonds is 4. The summed E-state index contributed by atoms with van der Waals surface area (Å²) in [6.45, 7) is 1.77. The fourth-order valence-corrected chi connectivity index (χ4v) is 3.54. The standard InChI is InChI=1S/C25H20N4O3/c1-15-13-20(23(31)14-22(15)30)24-28-21-3-2-12-27-25(21)29(24)17-6-10-19(11-7-17)32-18-8-4-16(26)5-9-18/h2-14,30-31H,26H2,1H3. The molecule has 32 heavy (non-hydrogen) atoms. The van der Waals surface area contributed by atoms with Crippen LogP contribution in [0, 0.1) is 6.92 Å². The number of imidazole rings is 1. The van der Waals surface area contributed by atoms with Crippen LogP contribution in [0.25, 0.3) is 28.2 Å². The minimum absolute atomic E-state index is 0.0243. The number of aryl methyl sites for hydroxylation is 1. The van der Waals surface area contributed by atoms with Gasteiger partial charge in [-0.05, 0) is 79.2 Å². The highest BCUT2D eigenvalue weighted by atomic mass is 16.5. The molecule has 2 heterocycles. The number of fused-ring (bicyclic) bond motifs is 1. The molecule has 0 unspecified atom stereocenters. The molecule has 0 saturated carbocycles. The summed E-state index contributed by atoms with van der Waals surface area (Å²) in [5, 5.41) is 20.5. The number of aromatic nitrogens is 3. The van der Waals surface area contributed by atoms with E-state index in [0.29, 0.717) is 45.3 Å². The van der Waals surface area contributed by atoms with Crippen molar-refractivity contribution in [1.29, 1.82) is 0 Å². The van der Waals surface area contributed by atoms with Crippen LogP contribution in [0.3, 0.4) is 0 Å². The maximum Gasteiger partial charge on any atom is 0.164 e. The summed E-state index contributed by atoms with van der Waals surface area (Å²) in [6, 6.07) is 21.4. The first-order valence-electron chi connectivity index (χ1n) is 10.00. The van der Waals surface area contributed by atoms with Crippen LogP contribution in [0.5, 0.6) is 23.0 Å². The Morgan fingerprint density at radius 3 is 2.28 bits per heavy atom. The average Bonchev–Trinajstić information content (AvgIpc) is 3.18. The highest BCUT2D eigenvalue weighted by molar-refractivity contribution is 5.82. The fourth-order valence-electron chi connectivity index (χ4n) is 3.54. The van der Waals surface area contributed by atoms with Crippen molar-refractivity contribution in [2.24, 2.45) is 0 Å². The Morgan fingerprint density at radius 1 is 0.875 bits per heavy atom. The molecule has 0 atom stereocenters. The molecule has 0 amide bonds. The number of nitrogens with zero attached hydrogens (tertiary/aromatic N) is 3. The molecule has 0 aliphatic heterocycles. The fraction of sp³-hybridized carbons (Fsp3) is 0.0400. The smallest absolute Gasteiger partial charge is 0.164 e. The van der Waals surface area contributed by atoms with Crippen LogP contribution in [0.15, 0.2) is 79.0 Å². The topological polar surface area (TPSA) is 106 Å². The van der Waals surface area contributed by atoms with Gasteiger partial charge in [0.05, 0.1) is 5.56 Å². The molecule has 4 N–H and O–H groups in total. The highest BCUT2D eigenvalue weighted by Crippen LogP contribution is 2.37. The molecule has 3 aromatic carbocycles. The van der Waals surface area contributed by atoms with Gasteiger partial charge < -0.3 is 20.7 Å². The van der Waals surface area contributed by atoms with E-state index in [-0.39, 0.29) is 11.5 Å². The Morgan fingerprint density at radius 2 is 1.56 bits per heavy atom. The maximum atomic E-state index is 10.5. The van der Waals surface area contributed by atoms with Crippen molar-refractivity contribution < 1.29 is 14.9 Å². The monoisotopic (exact) mass is 424 g/mol. The summed E-state index contributed by atoms with van der Waals surface area (Å²) >= 11 is 0. The Kier molecular flexibility index (Phi) is 4.63. The third-order valence-electron chi connectivity index (χ3n) is 5.18. The van der Waals surface area contributed by atoms with Crippen LogP contribution in [0.2, 0.25) is 0 Å². The lowest BCUT2D eigenvalue weighted by atomic mass is 10.1. The van der Waals surface area contributed by atoms with Crippen molar-refractivity contribution in [3.63, 3.8) is 0 Å². The predicted molar refractivity (Wildman–Crippen MR) is 123 cm³/mol. The van der Waals surface area contributed by atoms with E-state index in [1.807, 2.05) is 53.1 Å². The maximum absolute atomic E-state index is 10.5. The second-order valence-corrected chi connectivity index (χ2v) is 7.44. The molecule has 7 heteroatoms. The summed E-state index contributed by atoms with van der Waals surface area (Å²) in [5.41, 5.74) is 9.68. The van der Waals surface area contributed by atoms with E-state index >= 15 is 0 Å². The van der Waals surface area contributed by atoms with Gasteiger partial charge in [-0.15, -0.1) is 0 Å². The van der Waals surface area contributed by atoms with Crippen molar-refractivity contribution in [1.82, 2.24) is 14.5 Å². The molecule has 5 aromatic rings. The number of anilines is 1. The largest absolute Gasteiger partial charge is 0.508 e. The summed E-state index contributed by atoms with van der Waals surface area (Å²) in [5.74, 6) is 1.84. The lowest BCUT2D eigenvalue weighted by molar-refractivity contribution is 0.449. The Balaban J connectivity index is 1.60. The summed E-state index contributed by atoms with van der Waals surface area (Å²) in [7, 11) is 0. The van der Waals surface area contributed by atoms with Gasteiger partial charge in [0.15, 0.2) is 11.5 Å². The van der Waals surface area contributed by atoms with Gasteiger partial charge in [0.25, 0.3) is 0 Å². The van der Waals surface area contributed by atoms with E-state index in [1.54, 1.807) is 31.3 Å². The first kappa shape index (κ1) is 19.4. The highest BCUT2D eigenvalue weighted by Gasteiger charge is 2.19. The van der Waals surface area contributed by atoms with Crippen LogP contribution in [-0.4, -0.2) is 24.7 Å². The van der Waals surface area contributed by atoms with Gasteiger partial charge in [-0.1, -0.05) is 0 Å². The van der Waals surface area contributed by atoms with E-state index in [2.05, 4.69) is 4.98 Å². The summed E-state index contributed by atoms with van der Waals surface area (Å²) < 4.78 is 7.76. The second kappa shape index (κ2) is 7.63. The molecular weight excluding hydrogens is 404 g/mol. The van der Waals surface area contributed by atoms with Gasteiger partial charge in [-0.2, -0.15) is 0 Å². The van der Waals surface area contributed by atoms with Crippen molar-refractivity contribution in [2.75, 3.05) is 5.73 Å². The molecule has 7 nitrogen and oxygen atoms in total. The summed E-state index contributed by atoms with van der Waals surface area (Å²) in [6.07, 6.45) is 1.70. The molecular formula is C25H20N4O3. The molecule has 0 saturated heterocycles. The van der Waals surface area contributed by atoms with Gasteiger partial charge in [0.1, 0.15) is 28.5 Å². The van der Waals surface area contributed by atoms with Gasteiger partial charge in [-0.25, -0.2) is 9.97 Å². The number of hydrogen-bond acceptors (Lipinski definition) is 6. The minimum Gasteiger partial charge on any atom is -0.508 e. The van der Waals surface area contributed by atoms with Crippen molar-refractivity contribution in [3.8, 4) is 40.1 Å². The van der Waals surface area contributed by atoms with Gasteiger partial charge in [0, 0.05) is 23.6 Å². The predicted octanol–water partition coefficient (Wildman–Crippen LogP) is 5.18. The number of nitrogens with two attached hydrogens (primary N) is 1. The van der Waals surface area contributed by atoms with Gasteiger partial charge in [0.2, 0.25) is 0 Å². The Labute approximate surface area is 184 Å². The van der Waals surface area contributed by atoms with Crippen molar-refractivity contribution in [3.05, 3.63) is 84.6 Å². The van der Waals surface area contributed by atoms with E-state index in [4.69, 9.17) is 15.5 Å². The van der Waals surface area contributed by atoms with Gasteiger partial charge >= 0.3 is 0 Å². The molecule has 158 valence electrons. The van der Waals surface area contributed by atoms with Crippen LogP contribution in [0.4, 0.5) is 5.69 Å². The normalized spacial score (nSPS) is 11.0. The number of phenols is 2. The van der Waals surface area contributed by atoms with E-state index < -0.39 is 0 Å². The van der Waals surface area contributed by atoms with E-state index in [9.17, 15) is 10.2 Å². The number of nitrogen functional groups attached to an aromatic ring is 1. The molecule has 0 aliphatic rings.